The molecule has 0 unspecified atom stereocenters. The lowest BCUT2D eigenvalue weighted by Crippen LogP contribution is -2.39. The maximum atomic E-state index is 12.1. The second kappa shape index (κ2) is 7.25. The van der Waals surface area contributed by atoms with Crippen LogP contribution >= 0.6 is 0 Å². The van der Waals surface area contributed by atoms with Gasteiger partial charge in [0.15, 0.2) is 0 Å². The second-order valence-corrected chi connectivity index (χ2v) is 6.68. The first-order valence-corrected chi connectivity index (χ1v) is 8.01. The van der Waals surface area contributed by atoms with Crippen LogP contribution in [0.1, 0.15) is 18.9 Å². The van der Waals surface area contributed by atoms with E-state index in [0.29, 0.717) is 17.8 Å². The van der Waals surface area contributed by atoms with Crippen LogP contribution in [0.25, 0.3) is 0 Å². The van der Waals surface area contributed by atoms with Gasteiger partial charge in [0.05, 0.1) is 12.3 Å². The molecule has 0 aliphatic carbocycles. The van der Waals surface area contributed by atoms with Crippen LogP contribution < -0.4 is 11.1 Å². The zero-order valence-electron chi connectivity index (χ0n) is 11.8. The quantitative estimate of drug-likeness (QED) is 0.719. The number of rotatable bonds is 7. The number of amides is 1. The number of nitrogens with zero attached hydrogens (tertiary/aromatic N) is 1. The lowest BCUT2D eigenvalue weighted by molar-refractivity contribution is -0.121. The number of benzene rings is 1. The molecule has 0 aromatic heterocycles. The van der Waals surface area contributed by atoms with Crippen LogP contribution in [0.2, 0.25) is 0 Å². The molecule has 1 rings (SSSR count). The molecule has 0 heterocycles. The molecule has 0 saturated carbocycles. The van der Waals surface area contributed by atoms with Crippen molar-refractivity contribution in [3.05, 3.63) is 29.8 Å². The van der Waals surface area contributed by atoms with E-state index in [1.165, 1.54) is 7.05 Å². The lowest BCUT2D eigenvalue weighted by Gasteiger charge is -2.16. The molecule has 0 spiro atoms. The zero-order chi connectivity index (χ0) is 15.2. The van der Waals surface area contributed by atoms with Crippen LogP contribution in [0.3, 0.4) is 0 Å². The second-order valence-electron chi connectivity index (χ2n) is 4.60. The Morgan fingerprint density at radius 2 is 1.90 bits per heavy atom. The molecule has 0 aliphatic heterocycles. The monoisotopic (exact) mass is 299 g/mol. The molecule has 3 N–H and O–H groups in total. The van der Waals surface area contributed by atoms with Gasteiger partial charge in [-0.05, 0) is 24.1 Å². The molecule has 1 aromatic carbocycles. The van der Waals surface area contributed by atoms with E-state index in [0.717, 1.165) is 10.7 Å². The van der Waals surface area contributed by atoms with Gasteiger partial charge in [0.25, 0.3) is 0 Å². The van der Waals surface area contributed by atoms with Gasteiger partial charge in [0, 0.05) is 19.3 Å². The fourth-order valence-electron chi connectivity index (χ4n) is 1.56. The van der Waals surface area contributed by atoms with Crippen LogP contribution in [-0.2, 0) is 20.6 Å². The number of nitrogens with one attached hydrogen (secondary N) is 1. The van der Waals surface area contributed by atoms with Gasteiger partial charge in [-0.1, -0.05) is 19.1 Å². The summed E-state index contributed by atoms with van der Waals surface area (Å²) in [5.41, 5.74) is 6.77. The molecule has 7 heteroatoms. The van der Waals surface area contributed by atoms with E-state index in [1.54, 1.807) is 24.3 Å². The van der Waals surface area contributed by atoms with Gasteiger partial charge in [-0.25, -0.2) is 8.42 Å². The summed E-state index contributed by atoms with van der Waals surface area (Å²) in [6, 6.07) is 6.63. The lowest BCUT2D eigenvalue weighted by atomic mass is 10.2. The smallest absolute Gasteiger partial charge is 0.235 e. The van der Waals surface area contributed by atoms with E-state index in [-0.39, 0.29) is 18.2 Å². The molecule has 0 bridgehead atoms. The minimum atomic E-state index is -3.51. The number of sulfonamides is 1. The van der Waals surface area contributed by atoms with Crippen molar-refractivity contribution < 1.29 is 13.2 Å². The van der Waals surface area contributed by atoms with Gasteiger partial charge in [-0.3, -0.25) is 4.79 Å². The third kappa shape index (κ3) is 5.18. The Morgan fingerprint density at radius 3 is 2.45 bits per heavy atom. The fourth-order valence-corrected chi connectivity index (χ4v) is 2.70. The molecular weight excluding hydrogens is 278 g/mol. The first-order chi connectivity index (χ1) is 9.35. The summed E-state index contributed by atoms with van der Waals surface area (Å²) in [4.78, 5) is 11.5. The Hall–Kier alpha value is -1.60. The average molecular weight is 299 g/mol. The predicted molar refractivity (Wildman–Crippen MR) is 79.4 cm³/mol. The van der Waals surface area contributed by atoms with E-state index in [9.17, 15) is 13.2 Å². The predicted octanol–water partition coefficient (Wildman–Crippen LogP) is 0.557. The summed E-state index contributed by atoms with van der Waals surface area (Å²) in [6.45, 7) is 2.31. The van der Waals surface area contributed by atoms with Crippen molar-refractivity contribution in [2.75, 3.05) is 25.9 Å². The highest BCUT2D eigenvalue weighted by Gasteiger charge is 2.20. The number of carbonyl (C=O) groups is 1. The third-order valence-electron chi connectivity index (χ3n) is 2.74. The van der Waals surface area contributed by atoms with Crippen LogP contribution in [-0.4, -0.2) is 38.8 Å². The van der Waals surface area contributed by atoms with Crippen LogP contribution in [0.15, 0.2) is 24.3 Å². The van der Waals surface area contributed by atoms with E-state index in [1.807, 2.05) is 6.92 Å². The van der Waals surface area contributed by atoms with Gasteiger partial charge in [0.1, 0.15) is 0 Å². The highest BCUT2D eigenvalue weighted by molar-refractivity contribution is 7.88. The molecule has 1 aromatic rings. The Labute approximate surface area is 120 Å². The summed E-state index contributed by atoms with van der Waals surface area (Å²) in [5.74, 6) is -0.444. The van der Waals surface area contributed by atoms with Gasteiger partial charge >= 0.3 is 0 Å². The van der Waals surface area contributed by atoms with Crippen LogP contribution in [0.4, 0.5) is 5.69 Å². The number of hydrogen-bond donors (Lipinski definition) is 2. The van der Waals surface area contributed by atoms with Crippen molar-refractivity contribution in [3.8, 4) is 0 Å². The molecule has 1 amide bonds. The van der Waals surface area contributed by atoms with Crippen molar-refractivity contribution in [2.24, 2.45) is 0 Å². The summed E-state index contributed by atoms with van der Waals surface area (Å²) >= 11 is 0. The third-order valence-corrected chi connectivity index (χ3v) is 4.52. The number of anilines is 1. The summed E-state index contributed by atoms with van der Waals surface area (Å²) in [5, 5.41) is 2.65. The van der Waals surface area contributed by atoms with Gasteiger partial charge < -0.3 is 11.1 Å². The Kier molecular flexibility index (Phi) is 5.97. The van der Waals surface area contributed by atoms with Gasteiger partial charge in [0.2, 0.25) is 15.9 Å². The minimum Gasteiger partial charge on any atom is -0.399 e. The summed E-state index contributed by atoms with van der Waals surface area (Å²) in [7, 11) is -2.11. The van der Waals surface area contributed by atoms with Crippen molar-refractivity contribution in [1.82, 2.24) is 9.62 Å². The summed E-state index contributed by atoms with van der Waals surface area (Å²) < 4.78 is 25.3. The first kappa shape index (κ1) is 16.5. The zero-order valence-corrected chi connectivity index (χ0v) is 12.6. The topological polar surface area (TPSA) is 92.5 Å². The molecule has 0 aliphatic rings. The standard InChI is InChI=1S/C13H21N3O3S/c1-3-8-15-13(17)9-16(2)20(18,19)10-11-4-6-12(14)7-5-11/h4-7H,3,8-10,14H2,1-2H3,(H,15,17). The van der Waals surface area contributed by atoms with E-state index >= 15 is 0 Å². The molecule has 0 radical (unpaired) electrons. The number of carbonyl (C=O) groups excluding carboxylic acids is 1. The van der Waals surface area contributed by atoms with Crippen LogP contribution in [0.5, 0.6) is 0 Å². The largest absolute Gasteiger partial charge is 0.399 e. The molecular formula is C13H21N3O3S. The molecule has 6 nitrogen and oxygen atoms in total. The maximum absolute atomic E-state index is 12.1. The fraction of sp³-hybridized carbons (Fsp3) is 0.462. The Balaban J connectivity index is 2.63. The average Bonchev–Trinajstić information content (AvgIpc) is 2.38. The first-order valence-electron chi connectivity index (χ1n) is 6.40. The van der Waals surface area contributed by atoms with E-state index < -0.39 is 10.0 Å². The Morgan fingerprint density at radius 1 is 1.30 bits per heavy atom. The van der Waals surface area contributed by atoms with Crippen molar-refractivity contribution >= 4 is 21.6 Å². The Bertz CT molecular complexity index is 540. The number of hydrogen-bond acceptors (Lipinski definition) is 4. The van der Waals surface area contributed by atoms with Crippen LogP contribution in [0, 0.1) is 0 Å². The van der Waals surface area contributed by atoms with Gasteiger partial charge in [-0.2, -0.15) is 4.31 Å². The molecule has 112 valence electrons. The summed E-state index contributed by atoms with van der Waals surface area (Å²) in [6.07, 6.45) is 0.813. The molecule has 0 saturated heterocycles. The highest BCUT2D eigenvalue weighted by atomic mass is 32.2. The molecule has 0 atom stereocenters. The normalized spacial score (nSPS) is 11.6. The van der Waals surface area contributed by atoms with Crippen molar-refractivity contribution in [1.29, 1.82) is 0 Å². The highest BCUT2D eigenvalue weighted by Crippen LogP contribution is 2.11. The molecule has 20 heavy (non-hydrogen) atoms. The van der Waals surface area contributed by atoms with E-state index in [2.05, 4.69) is 5.32 Å². The maximum Gasteiger partial charge on any atom is 0.235 e. The van der Waals surface area contributed by atoms with Crippen molar-refractivity contribution in [2.45, 2.75) is 19.1 Å². The molecule has 0 fully saturated rings. The minimum absolute atomic E-state index is 0.148. The number of nitrogen functional groups attached to an aromatic ring is 1. The number of nitrogens with two attached hydrogens (primary N) is 1. The number of likely N-dealkylation sites (N-methyl/N-ethyl adjacent to an activating group) is 1. The SMILES string of the molecule is CCCNC(=O)CN(C)S(=O)(=O)Cc1ccc(N)cc1. The van der Waals surface area contributed by atoms with E-state index in [4.69, 9.17) is 5.73 Å². The van der Waals surface area contributed by atoms with Crippen molar-refractivity contribution in [3.63, 3.8) is 0 Å². The van der Waals surface area contributed by atoms with Gasteiger partial charge in [-0.15, -0.1) is 0 Å².